The molecular formula is C25H22ClFN4O4. The lowest BCUT2D eigenvalue weighted by Crippen LogP contribution is -2.50. The number of nitrogens with zero attached hydrogens (tertiary/aromatic N) is 3. The van der Waals surface area contributed by atoms with E-state index in [0.717, 1.165) is 11.8 Å². The highest BCUT2D eigenvalue weighted by atomic mass is 35.5. The van der Waals surface area contributed by atoms with Gasteiger partial charge in [0.2, 0.25) is 17.7 Å². The van der Waals surface area contributed by atoms with Crippen molar-refractivity contribution in [3.63, 3.8) is 0 Å². The molecule has 0 fully saturated rings. The second-order valence-corrected chi connectivity index (χ2v) is 8.02. The van der Waals surface area contributed by atoms with E-state index >= 15 is 0 Å². The van der Waals surface area contributed by atoms with Crippen molar-refractivity contribution in [2.45, 2.75) is 13.5 Å². The number of guanidine groups is 1. The van der Waals surface area contributed by atoms with Crippen LogP contribution >= 0.6 is 11.6 Å². The molecule has 35 heavy (non-hydrogen) atoms. The summed E-state index contributed by atoms with van der Waals surface area (Å²) in [6.45, 7) is 2.03. The smallest absolute Gasteiger partial charge is 0.320 e. The molecule has 1 atom stereocenters. The van der Waals surface area contributed by atoms with Crippen LogP contribution in [0.3, 0.4) is 0 Å². The predicted molar refractivity (Wildman–Crippen MR) is 129 cm³/mol. The van der Waals surface area contributed by atoms with E-state index < -0.39 is 23.6 Å². The minimum absolute atomic E-state index is 0.0193. The number of nitrogens with one attached hydrogen (secondary N) is 1. The number of amides is 1. The van der Waals surface area contributed by atoms with E-state index in [4.69, 9.17) is 21.1 Å². The summed E-state index contributed by atoms with van der Waals surface area (Å²) in [6, 6.07) is 16.6. The van der Waals surface area contributed by atoms with Crippen LogP contribution in [0, 0.1) is 11.7 Å². The lowest BCUT2D eigenvalue weighted by molar-refractivity contribution is -0.154. The Balaban J connectivity index is 1.52. The molecule has 8 nitrogen and oxygen atoms in total. The minimum Gasteiger partial charge on any atom is -0.465 e. The average molecular weight is 497 g/mol. The van der Waals surface area contributed by atoms with Gasteiger partial charge < -0.3 is 14.8 Å². The maximum absolute atomic E-state index is 13.2. The van der Waals surface area contributed by atoms with E-state index in [2.05, 4.69) is 15.3 Å². The van der Waals surface area contributed by atoms with Crippen molar-refractivity contribution < 1.29 is 23.5 Å². The summed E-state index contributed by atoms with van der Waals surface area (Å²) >= 11 is 5.98. The zero-order valence-corrected chi connectivity index (χ0v) is 19.5. The fourth-order valence-electron chi connectivity index (χ4n) is 3.36. The van der Waals surface area contributed by atoms with E-state index in [1.807, 2.05) is 0 Å². The number of anilines is 1. The third-order valence-corrected chi connectivity index (χ3v) is 5.35. The summed E-state index contributed by atoms with van der Waals surface area (Å²) in [5.74, 6) is -1.40. The fourth-order valence-corrected chi connectivity index (χ4v) is 3.49. The van der Waals surface area contributed by atoms with Crippen molar-refractivity contribution >= 4 is 35.1 Å². The molecule has 1 aromatic heterocycles. The highest BCUT2D eigenvalue weighted by Gasteiger charge is 2.37. The monoisotopic (exact) mass is 496 g/mol. The van der Waals surface area contributed by atoms with Gasteiger partial charge in [0.1, 0.15) is 11.6 Å². The van der Waals surface area contributed by atoms with Crippen LogP contribution in [-0.2, 0) is 20.9 Å². The predicted octanol–water partition coefficient (Wildman–Crippen LogP) is 4.66. The van der Waals surface area contributed by atoms with Crippen LogP contribution in [0.25, 0.3) is 0 Å². The molecule has 180 valence electrons. The lowest BCUT2D eigenvalue weighted by atomic mass is 10.1. The van der Waals surface area contributed by atoms with Gasteiger partial charge in [-0.1, -0.05) is 23.7 Å². The summed E-state index contributed by atoms with van der Waals surface area (Å²) in [5.41, 5.74) is 1.46. The number of rotatable bonds is 7. The Morgan fingerprint density at radius 3 is 2.54 bits per heavy atom. The van der Waals surface area contributed by atoms with E-state index in [9.17, 15) is 14.0 Å². The first-order chi connectivity index (χ1) is 16.9. The summed E-state index contributed by atoms with van der Waals surface area (Å²) < 4.78 is 23.7. The topological polar surface area (TPSA) is 93.1 Å². The second-order valence-electron chi connectivity index (χ2n) is 7.59. The van der Waals surface area contributed by atoms with Gasteiger partial charge in [0, 0.05) is 16.8 Å². The largest absolute Gasteiger partial charge is 0.465 e. The number of hydrogen-bond donors (Lipinski definition) is 1. The van der Waals surface area contributed by atoms with Crippen molar-refractivity contribution in [2.24, 2.45) is 10.9 Å². The number of ether oxygens (including phenoxy) is 2. The first-order valence-electron chi connectivity index (χ1n) is 10.9. The number of benzene rings is 2. The molecular weight excluding hydrogens is 475 g/mol. The van der Waals surface area contributed by atoms with E-state index in [-0.39, 0.29) is 25.6 Å². The molecule has 0 spiro atoms. The van der Waals surface area contributed by atoms with Gasteiger partial charge in [-0.05, 0) is 55.0 Å². The van der Waals surface area contributed by atoms with Crippen molar-refractivity contribution in [1.82, 2.24) is 9.88 Å². The van der Waals surface area contributed by atoms with Crippen molar-refractivity contribution in [2.75, 3.05) is 18.5 Å². The molecule has 1 aliphatic heterocycles. The number of halogens is 2. The Kier molecular flexibility index (Phi) is 7.57. The van der Waals surface area contributed by atoms with Crippen LogP contribution in [-0.4, -0.2) is 40.9 Å². The van der Waals surface area contributed by atoms with Gasteiger partial charge in [-0.3, -0.25) is 19.5 Å². The summed E-state index contributed by atoms with van der Waals surface area (Å²) in [5, 5.41) is 3.72. The quantitative estimate of drug-likeness (QED) is 0.378. The molecule has 2 heterocycles. The number of pyridine rings is 1. The molecule has 0 saturated heterocycles. The average Bonchev–Trinajstić information content (AvgIpc) is 2.85. The van der Waals surface area contributed by atoms with Crippen molar-refractivity contribution in [3.05, 3.63) is 83.3 Å². The van der Waals surface area contributed by atoms with E-state index in [0.29, 0.717) is 22.4 Å². The van der Waals surface area contributed by atoms with Crippen LogP contribution in [0.15, 0.2) is 71.9 Å². The van der Waals surface area contributed by atoms with Gasteiger partial charge in [-0.15, -0.1) is 0 Å². The number of carbonyl (C=O) groups is 2. The molecule has 10 heteroatoms. The number of esters is 1. The third-order valence-electron chi connectivity index (χ3n) is 5.10. The highest BCUT2D eigenvalue weighted by molar-refractivity contribution is 6.30. The Labute approximate surface area is 206 Å². The fraction of sp³-hybridized carbons (Fsp3) is 0.200. The SMILES string of the molecule is CCOC(=O)C1CN=C(Nc2ccc(Oc3ccc(F)cn3)cc2)N(Cc2ccc(Cl)cc2)C1=O. The Hall–Kier alpha value is -3.98. The Morgan fingerprint density at radius 2 is 1.89 bits per heavy atom. The maximum Gasteiger partial charge on any atom is 0.320 e. The van der Waals surface area contributed by atoms with Gasteiger partial charge >= 0.3 is 5.97 Å². The molecule has 1 amide bonds. The first kappa shape index (κ1) is 24.2. The number of carbonyl (C=O) groups excluding carboxylic acids is 2. The molecule has 2 aromatic carbocycles. The first-order valence-corrected chi connectivity index (χ1v) is 11.2. The zero-order valence-electron chi connectivity index (χ0n) is 18.8. The number of aliphatic imine (C=N–C) groups is 1. The number of aromatic nitrogens is 1. The minimum atomic E-state index is -1.01. The molecule has 4 rings (SSSR count). The van der Waals surface area contributed by atoms with Crippen molar-refractivity contribution in [1.29, 1.82) is 0 Å². The normalized spacial score (nSPS) is 15.4. The highest BCUT2D eigenvalue weighted by Crippen LogP contribution is 2.23. The van der Waals surface area contributed by atoms with Gasteiger partial charge in [0.25, 0.3) is 0 Å². The van der Waals surface area contributed by atoms with Crippen LogP contribution in [0.4, 0.5) is 10.1 Å². The van der Waals surface area contributed by atoms with Crippen LogP contribution in [0.5, 0.6) is 11.6 Å². The summed E-state index contributed by atoms with van der Waals surface area (Å²) in [4.78, 5) is 35.3. The van der Waals surface area contributed by atoms with Crippen LogP contribution in [0.1, 0.15) is 12.5 Å². The van der Waals surface area contributed by atoms with E-state index in [1.54, 1.807) is 55.5 Å². The standard InChI is InChI=1S/C25H22ClFN4O4/c1-2-34-24(33)21-14-29-25(31(23(21)32)15-16-3-5-17(26)6-4-16)30-19-8-10-20(11-9-19)35-22-12-7-18(27)13-28-22/h3-13,21H,2,14-15H2,1H3,(H,29,30). The zero-order chi connectivity index (χ0) is 24.8. The third kappa shape index (κ3) is 6.13. The molecule has 1 N–H and O–H groups in total. The summed E-state index contributed by atoms with van der Waals surface area (Å²) in [7, 11) is 0. The molecule has 0 bridgehead atoms. The second kappa shape index (κ2) is 11.0. The molecule has 0 aliphatic carbocycles. The Morgan fingerprint density at radius 1 is 1.14 bits per heavy atom. The van der Waals surface area contributed by atoms with Crippen LogP contribution in [0.2, 0.25) is 5.02 Å². The molecule has 0 saturated carbocycles. The number of hydrogen-bond acceptors (Lipinski definition) is 7. The molecule has 3 aromatic rings. The maximum atomic E-state index is 13.2. The van der Waals surface area contributed by atoms with E-state index in [1.165, 1.54) is 17.0 Å². The van der Waals surface area contributed by atoms with Crippen molar-refractivity contribution in [3.8, 4) is 11.6 Å². The van der Waals surface area contributed by atoms with Gasteiger partial charge in [0.05, 0.1) is 25.9 Å². The van der Waals surface area contributed by atoms with Gasteiger partial charge in [0.15, 0.2) is 5.92 Å². The molecule has 1 unspecified atom stereocenters. The van der Waals surface area contributed by atoms with Crippen LogP contribution < -0.4 is 10.1 Å². The summed E-state index contributed by atoms with van der Waals surface area (Å²) in [6.07, 6.45) is 1.07. The molecule has 1 aliphatic rings. The van der Waals surface area contributed by atoms with Gasteiger partial charge in [-0.2, -0.15) is 0 Å². The van der Waals surface area contributed by atoms with Gasteiger partial charge in [-0.25, -0.2) is 9.37 Å². The molecule has 0 radical (unpaired) electrons. The Bertz CT molecular complexity index is 1220. The lowest BCUT2D eigenvalue weighted by Gasteiger charge is -2.31.